The highest BCUT2D eigenvalue weighted by atomic mass is 16.6. The molecule has 0 heterocycles. The molecule has 1 aliphatic carbocycles. The van der Waals surface area contributed by atoms with E-state index in [4.69, 9.17) is 4.74 Å². The number of nitrogens with zero attached hydrogens (tertiary/aromatic N) is 1. The molecule has 0 radical (unpaired) electrons. The maximum atomic E-state index is 11.5. The summed E-state index contributed by atoms with van der Waals surface area (Å²) in [6.07, 6.45) is 3.69. The van der Waals surface area contributed by atoms with E-state index < -0.39 is 0 Å². The summed E-state index contributed by atoms with van der Waals surface area (Å²) in [4.78, 5) is 16.1. The standard InChI is InChI=1S/C12H19NO3/c1-8(7-13-16-5)6-9-10(11(14)15-4)12(9,2)3/h6-7,9-10H,1-5H3/b8-6+,13-7?/t9-,10+/m1/s1. The van der Waals surface area contributed by atoms with Crippen molar-refractivity contribution in [1.82, 2.24) is 0 Å². The maximum absolute atomic E-state index is 11.5. The van der Waals surface area contributed by atoms with Gasteiger partial charge < -0.3 is 9.57 Å². The molecule has 0 saturated heterocycles. The van der Waals surface area contributed by atoms with Gasteiger partial charge in [0.05, 0.1) is 19.2 Å². The lowest BCUT2D eigenvalue weighted by atomic mass is 10.1. The van der Waals surface area contributed by atoms with Crippen molar-refractivity contribution in [1.29, 1.82) is 0 Å². The molecule has 0 aromatic heterocycles. The molecule has 2 atom stereocenters. The number of hydrogen-bond donors (Lipinski definition) is 0. The van der Waals surface area contributed by atoms with Crippen LogP contribution in [0.5, 0.6) is 0 Å². The molecular weight excluding hydrogens is 206 g/mol. The molecule has 90 valence electrons. The molecular formula is C12H19NO3. The number of carbonyl (C=O) groups excluding carboxylic acids is 1. The molecule has 0 amide bonds. The Morgan fingerprint density at radius 2 is 2.00 bits per heavy atom. The van der Waals surface area contributed by atoms with Gasteiger partial charge in [-0.15, -0.1) is 0 Å². The van der Waals surface area contributed by atoms with E-state index in [9.17, 15) is 4.79 Å². The third-order valence-corrected chi connectivity index (χ3v) is 3.17. The molecule has 0 aliphatic heterocycles. The molecule has 1 fully saturated rings. The van der Waals surface area contributed by atoms with Gasteiger partial charge in [-0.05, 0) is 23.8 Å². The van der Waals surface area contributed by atoms with Gasteiger partial charge in [0.1, 0.15) is 7.11 Å². The molecule has 1 saturated carbocycles. The normalized spacial score (nSPS) is 27.9. The molecule has 4 nitrogen and oxygen atoms in total. The third-order valence-electron chi connectivity index (χ3n) is 3.17. The second kappa shape index (κ2) is 4.68. The van der Waals surface area contributed by atoms with Crippen LogP contribution in [-0.4, -0.2) is 26.4 Å². The first kappa shape index (κ1) is 12.7. The largest absolute Gasteiger partial charge is 0.469 e. The minimum absolute atomic E-state index is 0.0186. The summed E-state index contributed by atoms with van der Waals surface area (Å²) >= 11 is 0. The second-order valence-corrected chi connectivity index (χ2v) is 4.68. The van der Waals surface area contributed by atoms with Crippen LogP contribution in [0.1, 0.15) is 20.8 Å². The molecule has 0 spiro atoms. The predicted octanol–water partition coefficient (Wildman–Crippen LogP) is 2.01. The summed E-state index contributed by atoms with van der Waals surface area (Å²) in [6, 6.07) is 0. The fourth-order valence-electron chi connectivity index (χ4n) is 2.03. The number of ether oxygens (including phenoxy) is 1. The second-order valence-electron chi connectivity index (χ2n) is 4.68. The fourth-order valence-corrected chi connectivity index (χ4v) is 2.03. The van der Waals surface area contributed by atoms with Crippen molar-refractivity contribution in [2.45, 2.75) is 20.8 Å². The zero-order chi connectivity index (χ0) is 12.3. The Balaban J connectivity index is 2.70. The average molecular weight is 225 g/mol. The first-order valence-corrected chi connectivity index (χ1v) is 5.28. The number of methoxy groups -OCH3 is 1. The molecule has 0 N–H and O–H groups in total. The van der Waals surface area contributed by atoms with Crippen molar-refractivity contribution in [3.63, 3.8) is 0 Å². The number of esters is 1. The monoisotopic (exact) mass is 225 g/mol. The van der Waals surface area contributed by atoms with Gasteiger partial charge in [0, 0.05) is 0 Å². The number of oxime groups is 1. The number of rotatable bonds is 4. The van der Waals surface area contributed by atoms with Crippen molar-refractivity contribution in [3.8, 4) is 0 Å². The first-order chi connectivity index (χ1) is 7.45. The Hall–Kier alpha value is -1.32. The van der Waals surface area contributed by atoms with Crippen molar-refractivity contribution >= 4 is 12.2 Å². The van der Waals surface area contributed by atoms with Crippen LogP contribution < -0.4 is 0 Å². The van der Waals surface area contributed by atoms with Crippen LogP contribution in [0.4, 0.5) is 0 Å². The highest BCUT2D eigenvalue weighted by Crippen LogP contribution is 2.59. The quantitative estimate of drug-likeness (QED) is 0.418. The van der Waals surface area contributed by atoms with Gasteiger partial charge in [-0.2, -0.15) is 0 Å². The summed E-state index contributed by atoms with van der Waals surface area (Å²) < 4.78 is 4.78. The molecule has 0 bridgehead atoms. The Bertz CT molecular complexity index is 331. The lowest BCUT2D eigenvalue weighted by molar-refractivity contribution is -0.143. The maximum Gasteiger partial charge on any atom is 0.309 e. The van der Waals surface area contributed by atoms with Crippen LogP contribution >= 0.6 is 0 Å². The molecule has 1 aliphatic rings. The lowest BCUT2D eigenvalue weighted by Gasteiger charge is -1.99. The van der Waals surface area contributed by atoms with Gasteiger partial charge >= 0.3 is 5.97 Å². The molecule has 16 heavy (non-hydrogen) atoms. The SMILES string of the molecule is CON=C/C(C)=C/[C@@H]1[C@@H](C(=O)OC)C1(C)C. The average Bonchev–Trinajstić information content (AvgIpc) is 2.76. The van der Waals surface area contributed by atoms with E-state index in [0.29, 0.717) is 0 Å². The van der Waals surface area contributed by atoms with E-state index in [2.05, 4.69) is 23.8 Å². The van der Waals surface area contributed by atoms with E-state index in [-0.39, 0.29) is 23.2 Å². The number of carbonyl (C=O) groups is 1. The van der Waals surface area contributed by atoms with Crippen LogP contribution in [0.2, 0.25) is 0 Å². The highest BCUT2D eigenvalue weighted by molar-refractivity contribution is 5.80. The van der Waals surface area contributed by atoms with Crippen LogP contribution in [0.15, 0.2) is 16.8 Å². The molecule has 0 aromatic carbocycles. The van der Waals surface area contributed by atoms with Crippen molar-refractivity contribution in [2.24, 2.45) is 22.4 Å². The van der Waals surface area contributed by atoms with Gasteiger partial charge in [0.25, 0.3) is 0 Å². The van der Waals surface area contributed by atoms with Gasteiger partial charge in [0.2, 0.25) is 0 Å². The molecule has 0 aromatic rings. The number of hydrogen-bond acceptors (Lipinski definition) is 4. The fraction of sp³-hybridized carbons (Fsp3) is 0.667. The summed E-state index contributed by atoms with van der Waals surface area (Å²) in [7, 11) is 2.93. The van der Waals surface area contributed by atoms with E-state index >= 15 is 0 Å². The van der Waals surface area contributed by atoms with Crippen molar-refractivity contribution in [3.05, 3.63) is 11.6 Å². The Labute approximate surface area is 96.3 Å². The van der Waals surface area contributed by atoms with Crippen molar-refractivity contribution in [2.75, 3.05) is 14.2 Å². The molecule has 1 rings (SSSR count). The topological polar surface area (TPSA) is 47.9 Å². The van der Waals surface area contributed by atoms with Gasteiger partial charge in [-0.3, -0.25) is 4.79 Å². The zero-order valence-electron chi connectivity index (χ0n) is 10.5. The summed E-state index contributed by atoms with van der Waals surface area (Å²) in [5.74, 6) is 0.0504. The molecule has 0 unspecified atom stereocenters. The smallest absolute Gasteiger partial charge is 0.309 e. The van der Waals surface area contributed by atoms with Crippen LogP contribution in [0.3, 0.4) is 0 Å². The van der Waals surface area contributed by atoms with E-state index in [1.165, 1.54) is 14.2 Å². The van der Waals surface area contributed by atoms with E-state index in [1.54, 1.807) is 6.21 Å². The van der Waals surface area contributed by atoms with Gasteiger partial charge in [-0.25, -0.2) is 0 Å². The minimum Gasteiger partial charge on any atom is -0.469 e. The van der Waals surface area contributed by atoms with Crippen molar-refractivity contribution < 1.29 is 14.4 Å². The van der Waals surface area contributed by atoms with Crippen LogP contribution in [0, 0.1) is 17.3 Å². The third kappa shape index (κ3) is 2.43. The predicted molar refractivity (Wildman–Crippen MR) is 62.0 cm³/mol. The summed E-state index contributed by atoms with van der Waals surface area (Å²) in [5, 5.41) is 3.68. The summed E-state index contributed by atoms with van der Waals surface area (Å²) in [6.45, 7) is 6.07. The van der Waals surface area contributed by atoms with Crippen LogP contribution in [0.25, 0.3) is 0 Å². The van der Waals surface area contributed by atoms with Gasteiger partial charge in [-0.1, -0.05) is 25.1 Å². The summed E-state index contributed by atoms with van der Waals surface area (Å²) in [5.41, 5.74) is 0.973. The Morgan fingerprint density at radius 3 is 2.50 bits per heavy atom. The van der Waals surface area contributed by atoms with Crippen LogP contribution in [-0.2, 0) is 14.4 Å². The minimum atomic E-state index is -0.136. The van der Waals surface area contributed by atoms with Gasteiger partial charge in [0.15, 0.2) is 0 Å². The van der Waals surface area contributed by atoms with E-state index in [1.807, 2.05) is 13.0 Å². The highest BCUT2D eigenvalue weighted by Gasteiger charge is 2.61. The Morgan fingerprint density at radius 1 is 1.38 bits per heavy atom. The van der Waals surface area contributed by atoms with E-state index in [0.717, 1.165) is 5.57 Å². The zero-order valence-corrected chi connectivity index (χ0v) is 10.5. The molecule has 4 heteroatoms. The first-order valence-electron chi connectivity index (χ1n) is 5.28. The Kier molecular flexibility index (Phi) is 3.73. The number of allylic oxidation sites excluding steroid dienone is 2. The lowest BCUT2D eigenvalue weighted by Crippen LogP contribution is -2.07.